The number of aryl methyl sites for hydroxylation is 1. The summed E-state index contributed by atoms with van der Waals surface area (Å²) >= 11 is 0. The van der Waals surface area contributed by atoms with Crippen molar-refractivity contribution in [2.75, 3.05) is 36.9 Å². The Kier molecular flexibility index (Phi) is 6.11. The second-order valence-electron chi connectivity index (χ2n) is 7.12. The first-order valence-electron chi connectivity index (χ1n) is 9.30. The molecule has 0 unspecified atom stereocenters. The molecule has 26 heavy (non-hydrogen) atoms. The molecule has 2 saturated heterocycles. The van der Waals surface area contributed by atoms with Gasteiger partial charge in [0.2, 0.25) is 5.91 Å². The summed E-state index contributed by atoms with van der Waals surface area (Å²) in [5.41, 5.74) is 2.28. The molecule has 7 heteroatoms. The van der Waals surface area contributed by atoms with Crippen molar-refractivity contribution in [1.82, 2.24) is 10.2 Å². The Hall–Kier alpha value is -2.12. The molecular weight excluding hydrogens is 332 g/mol. The van der Waals surface area contributed by atoms with E-state index in [-0.39, 0.29) is 24.0 Å². The number of urea groups is 1. The van der Waals surface area contributed by atoms with Crippen LogP contribution in [0.1, 0.15) is 31.7 Å². The SMILES string of the molecule is CC(=O)Nc1ccc(C)c(NC(=O)N[C@@H]2COC[C@H]2N2CCCCC2)c1. The number of hydrogen-bond donors (Lipinski definition) is 3. The van der Waals surface area contributed by atoms with E-state index in [0.717, 1.165) is 18.7 Å². The molecule has 2 aliphatic heterocycles. The van der Waals surface area contributed by atoms with Gasteiger partial charge in [0.15, 0.2) is 0 Å². The van der Waals surface area contributed by atoms with E-state index in [1.165, 1.54) is 26.2 Å². The van der Waals surface area contributed by atoms with E-state index in [4.69, 9.17) is 4.74 Å². The van der Waals surface area contributed by atoms with Crippen LogP contribution in [0.25, 0.3) is 0 Å². The third-order valence-electron chi connectivity index (χ3n) is 5.03. The van der Waals surface area contributed by atoms with Crippen molar-refractivity contribution in [2.45, 2.75) is 45.2 Å². The smallest absolute Gasteiger partial charge is 0.319 e. The monoisotopic (exact) mass is 360 g/mol. The Bertz CT molecular complexity index is 658. The Morgan fingerprint density at radius 3 is 2.62 bits per heavy atom. The van der Waals surface area contributed by atoms with Crippen LogP contribution in [0.3, 0.4) is 0 Å². The van der Waals surface area contributed by atoms with Gasteiger partial charge in [0, 0.05) is 18.3 Å². The van der Waals surface area contributed by atoms with Gasteiger partial charge in [-0.25, -0.2) is 4.79 Å². The van der Waals surface area contributed by atoms with Crippen molar-refractivity contribution < 1.29 is 14.3 Å². The molecule has 2 aliphatic rings. The van der Waals surface area contributed by atoms with Crippen LogP contribution >= 0.6 is 0 Å². The van der Waals surface area contributed by atoms with Crippen LogP contribution in [0.2, 0.25) is 0 Å². The van der Waals surface area contributed by atoms with Gasteiger partial charge in [0.1, 0.15) is 0 Å². The highest BCUT2D eigenvalue weighted by atomic mass is 16.5. The Balaban J connectivity index is 1.60. The standard InChI is InChI=1S/C19H28N4O3/c1-13-6-7-15(20-14(2)24)10-16(13)21-19(25)22-17-11-26-12-18(17)23-8-4-3-5-9-23/h6-7,10,17-18H,3-5,8-9,11-12H2,1-2H3,(H,20,24)(H2,21,22,25)/t17-,18-/m1/s1. The highest BCUT2D eigenvalue weighted by Gasteiger charge is 2.34. The summed E-state index contributed by atoms with van der Waals surface area (Å²) in [6.45, 7) is 6.74. The van der Waals surface area contributed by atoms with Crippen molar-refractivity contribution >= 4 is 23.3 Å². The van der Waals surface area contributed by atoms with Crippen LogP contribution in [-0.4, -0.2) is 55.2 Å². The number of rotatable bonds is 4. The fraction of sp³-hybridized carbons (Fsp3) is 0.579. The molecule has 0 saturated carbocycles. The van der Waals surface area contributed by atoms with Gasteiger partial charge in [0.25, 0.3) is 0 Å². The number of carbonyl (C=O) groups excluding carboxylic acids is 2. The molecule has 0 aliphatic carbocycles. The van der Waals surface area contributed by atoms with Crippen LogP contribution < -0.4 is 16.0 Å². The molecule has 7 nitrogen and oxygen atoms in total. The minimum Gasteiger partial charge on any atom is -0.378 e. The number of nitrogens with one attached hydrogen (secondary N) is 3. The van der Waals surface area contributed by atoms with Gasteiger partial charge in [-0.3, -0.25) is 9.69 Å². The van der Waals surface area contributed by atoms with Crippen molar-refractivity contribution in [1.29, 1.82) is 0 Å². The molecule has 2 atom stereocenters. The van der Waals surface area contributed by atoms with Crippen LogP contribution in [0.5, 0.6) is 0 Å². The Labute approximate surface area is 154 Å². The number of likely N-dealkylation sites (tertiary alicyclic amines) is 1. The first-order chi connectivity index (χ1) is 12.5. The average molecular weight is 360 g/mol. The molecular formula is C19H28N4O3. The third kappa shape index (κ3) is 4.74. The zero-order valence-corrected chi connectivity index (χ0v) is 15.5. The van der Waals surface area contributed by atoms with Gasteiger partial charge in [-0.2, -0.15) is 0 Å². The Morgan fingerprint density at radius 2 is 1.88 bits per heavy atom. The molecule has 1 aromatic carbocycles. The van der Waals surface area contributed by atoms with E-state index < -0.39 is 0 Å². The molecule has 0 bridgehead atoms. The van der Waals surface area contributed by atoms with Crippen molar-refractivity contribution in [3.05, 3.63) is 23.8 Å². The van der Waals surface area contributed by atoms with Gasteiger partial charge in [-0.15, -0.1) is 0 Å². The summed E-state index contributed by atoms with van der Waals surface area (Å²) in [6.07, 6.45) is 3.71. The largest absolute Gasteiger partial charge is 0.378 e. The first-order valence-corrected chi connectivity index (χ1v) is 9.30. The fourth-order valence-electron chi connectivity index (χ4n) is 3.66. The average Bonchev–Trinajstić information content (AvgIpc) is 3.06. The number of piperidine rings is 1. The van der Waals surface area contributed by atoms with Gasteiger partial charge >= 0.3 is 6.03 Å². The molecule has 1 aromatic rings. The summed E-state index contributed by atoms with van der Waals surface area (Å²) in [7, 11) is 0. The van der Waals surface area contributed by atoms with Gasteiger partial charge < -0.3 is 20.7 Å². The van der Waals surface area contributed by atoms with E-state index in [9.17, 15) is 9.59 Å². The van der Waals surface area contributed by atoms with E-state index in [0.29, 0.717) is 24.6 Å². The quantitative estimate of drug-likeness (QED) is 0.770. The minimum absolute atomic E-state index is 0.00747. The molecule has 0 radical (unpaired) electrons. The lowest BCUT2D eigenvalue weighted by atomic mass is 10.1. The molecule has 0 aromatic heterocycles. The Morgan fingerprint density at radius 1 is 1.12 bits per heavy atom. The number of benzene rings is 1. The lowest BCUT2D eigenvalue weighted by molar-refractivity contribution is -0.114. The number of nitrogens with zero attached hydrogens (tertiary/aromatic N) is 1. The van der Waals surface area contributed by atoms with E-state index in [2.05, 4.69) is 20.9 Å². The third-order valence-corrected chi connectivity index (χ3v) is 5.03. The lowest BCUT2D eigenvalue weighted by Gasteiger charge is -2.34. The van der Waals surface area contributed by atoms with Gasteiger partial charge in [-0.1, -0.05) is 12.5 Å². The summed E-state index contributed by atoms with van der Waals surface area (Å²) in [6, 6.07) is 5.45. The second-order valence-corrected chi connectivity index (χ2v) is 7.12. The van der Waals surface area contributed by atoms with Crippen LogP contribution in [0, 0.1) is 6.92 Å². The zero-order chi connectivity index (χ0) is 18.5. The maximum absolute atomic E-state index is 12.5. The van der Waals surface area contributed by atoms with Crippen molar-refractivity contribution in [2.24, 2.45) is 0 Å². The summed E-state index contributed by atoms with van der Waals surface area (Å²) < 4.78 is 5.63. The first kappa shape index (κ1) is 18.7. The predicted octanol–water partition coefficient (Wildman–Crippen LogP) is 2.33. The van der Waals surface area contributed by atoms with E-state index in [1.54, 1.807) is 6.07 Å². The van der Waals surface area contributed by atoms with E-state index >= 15 is 0 Å². The molecule has 3 rings (SSSR count). The van der Waals surface area contributed by atoms with Crippen LogP contribution in [0.15, 0.2) is 18.2 Å². The topological polar surface area (TPSA) is 82.7 Å². The number of ether oxygens (including phenoxy) is 1. The molecule has 2 heterocycles. The normalized spacial score (nSPS) is 23.5. The maximum Gasteiger partial charge on any atom is 0.319 e. The highest BCUT2D eigenvalue weighted by Crippen LogP contribution is 2.21. The maximum atomic E-state index is 12.5. The number of anilines is 2. The molecule has 3 amide bonds. The van der Waals surface area contributed by atoms with Crippen LogP contribution in [-0.2, 0) is 9.53 Å². The number of amides is 3. The number of carbonyl (C=O) groups is 2. The molecule has 3 N–H and O–H groups in total. The van der Waals surface area contributed by atoms with Crippen LogP contribution in [0.4, 0.5) is 16.2 Å². The van der Waals surface area contributed by atoms with Crippen molar-refractivity contribution in [3.63, 3.8) is 0 Å². The summed E-state index contributed by atoms with van der Waals surface area (Å²) in [5.74, 6) is -0.142. The number of hydrogen-bond acceptors (Lipinski definition) is 4. The van der Waals surface area contributed by atoms with Crippen molar-refractivity contribution in [3.8, 4) is 0 Å². The highest BCUT2D eigenvalue weighted by molar-refractivity contribution is 5.93. The molecule has 142 valence electrons. The predicted molar refractivity (Wildman–Crippen MR) is 101 cm³/mol. The molecule has 2 fully saturated rings. The minimum atomic E-state index is -0.245. The van der Waals surface area contributed by atoms with Gasteiger partial charge in [0.05, 0.1) is 25.3 Å². The second kappa shape index (κ2) is 8.51. The van der Waals surface area contributed by atoms with Gasteiger partial charge in [-0.05, 0) is 50.6 Å². The fourth-order valence-corrected chi connectivity index (χ4v) is 3.66. The summed E-state index contributed by atoms with van der Waals surface area (Å²) in [5, 5.41) is 8.69. The lowest BCUT2D eigenvalue weighted by Crippen LogP contribution is -2.53. The van der Waals surface area contributed by atoms with E-state index in [1.807, 2.05) is 19.1 Å². The zero-order valence-electron chi connectivity index (χ0n) is 15.5. The summed E-state index contributed by atoms with van der Waals surface area (Å²) in [4.78, 5) is 26.2. The molecule has 0 spiro atoms.